The summed E-state index contributed by atoms with van der Waals surface area (Å²) in [6, 6.07) is 3.33. The van der Waals surface area contributed by atoms with E-state index in [4.69, 9.17) is 5.73 Å². The molecule has 2 aromatic heterocycles. The van der Waals surface area contributed by atoms with Gasteiger partial charge in [0.15, 0.2) is 5.13 Å². The molecule has 2 aromatic rings. The monoisotopic (exact) mass is 340 g/mol. The molecule has 7 heteroatoms. The number of thiazole rings is 1. The number of nitrogens with two attached hydrogens (primary N) is 1. The molecule has 0 aliphatic rings. The molecule has 0 fully saturated rings. The highest BCUT2D eigenvalue weighted by Gasteiger charge is 2.11. The lowest BCUT2D eigenvalue weighted by atomic mass is 10.1. The number of anilines is 2. The third-order valence-corrected chi connectivity index (χ3v) is 3.76. The number of nitrogens with zero attached hydrogens (tertiary/aromatic N) is 2. The van der Waals surface area contributed by atoms with Crippen LogP contribution in [-0.4, -0.2) is 15.9 Å². The van der Waals surface area contributed by atoms with Gasteiger partial charge in [0.25, 0.3) is 5.91 Å². The molecule has 0 aromatic carbocycles. The van der Waals surface area contributed by atoms with Crippen molar-refractivity contribution in [1.29, 1.82) is 0 Å². The van der Waals surface area contributed by atoms with Crippen LogP contribution in [0.1, 0.15) is 29.4 Å². The number of hydrogen-bond donors (Lipinski definition) is 2. The second kappa shape index (κ2) is 6.12. The Kier molecular flexibility index (Phi) is 4.49. The van der Waals surface area contributed by atoms with Gasteiger partial charge in [-0.1, -0.05) is 24.7 Å². The maximum absolute atomic E-state index is 12.1. The van der Waals surface area contributed by atoms with Crippen LogP contribution in [0.25, 0.3) is 0 Å². The van der Waals surface area contributed by atoms with E-state index in [0.29, 0.717) is 16.5 Å². The summed E-state index contributed by atoms with van der Waals surface area (Å²) >= 11 is 4.65. The first-order chi connectivity index (χ1) is 9.08. The molecule has 0 radical (unpaired) electrons. The molecule has 0 aliphatic carbocycles. The van der Waals surface area contributed by atoms with E-state index in [9.17, 15) is 4.79 Å². The Labute approximate surface area is 123 Å². The molecular formula is C12H13BrN4OS. The van der Waals surface area contributed by atoms with Crippen molar-refractivity contribution in [1.82, 2.24) is 9.97 Å². The number of carbonyl (C=O) groups excluding carboxylic acids is 1. The molecule has 3 N–H and O–H groups in total. The van der Waals surface area contributed by atoms with Gasteiger partial charge in [0.2, 0.25) is 0 Å². The number of rotatable bonds is 4. The van der Waals surface area contributed by atoms with Crippen LogP contribution in [-0.2, 0) is 6.42 Å². The smallest absolute Gasteiger partial charge is 0.257 e. The number of nitrogen functional groups attached to an aromatic ring is 1. The largest absolute Gasteiger partial charge is 0.384 e. The van der Waals surface area contributed by atoms with Crippen molar-refractivity contribution in [3.05, 3.63) is 33.4 Å². The zero-order valence-corrected chi connectivity index (χ0v) is 12.7. The summed E-state index contributed by atoms with van der Waals surface area (Å²) < 4.78 is 0.865. The number of halogens is 1. The number of amides is 1. The van der Waals surface area contributed by atoms with Gasteiger partial charge in [-0.05, 0) is 34.5 Å². The van der Waals surface area contributed by atoms with Crippen molar-refractivity contribution in [2.45, 2.75) is 19.8 Å². The average molecular weight is 341 g/mol. The average Bonchev–Trinajstić information content (AvgIpc) is 2.74. The van der Waals surface area contributed by atoms with Crippen LogP contribution in [0, 0.1) is 0 Å². The molecule has 2 rings (SSSR count). The fourth-order valence-electron chi connectivity index (χ4n) is 1.61. The van der Waals surface area contributed by atoms with Gasteiger partial charge in [-0.3, -0.25) is 10.1 Å². The SMILES string of the molecule is CCCc1cc(C(=O)Nc2ncc(Br)s2)cc(N)n1. The molecule has 0 saturated carbocycles. The Morgan fingerprint density at radius 3 is 2.95 bits per heavy atom. The van der Waals surface area contributed by atoms with E-state index >= 15 is 0 Å². The van der Waals surface area contributed by atoms with E-state index in [-0.39, 0.29) is 5.91 Å². The van der Waals surface area contributed by atoms with Gasteiger partial charge in [0.1, 0.15) is 5.82 Å². The fraction of sp³-hybridized carbons (Fsp3) is 0.250. The lowest BCUT2D eigenvalue weighted by Gasteiger charge is -2.05. The first-order valence-corrected chi connectivity index (χ1v) is 7.38. The number of aryl methyl sites for hydroxylation is 1. The van der Waals surface area contributed by atoms with Crippen LogP contribution >= 0.6 is 27.3 Å². The topological polar surface area (TPSA) is 80.9 Å². The van der Waals surface area contributed by atoms with E-state index < -0.39 is 0 Å². The van der Waals surface area contributed by atoms with E-state index in [1.807, 2.05) is 0 Å². The lowest BCUT2D eigenvalue weighted by molar-refractivity contribution is 0.102. The van der Waals surface area contributed by atoms with Crippen LogP contribution in [0.3, 0.4) is 0 Å². The molecule has 2 heterocycles. The summed E-state index contributed by atoms with van der Waals surface area (Å²) in [5.74, 6) is 0.129. The highest BCUT2D eigenvalue weighted by molar-refractivity contribution is 9.11. The van der Waals surface area contributed by atoms with Gasteiger partial charge in [0, 0.05) is 11.3 Å². The van der Waals surface area contributed by atoms with Crippen LogP contribution in [0.5, 0.6) is 0 Å². The first-order valence-electron chi connectivity index (χ1n) is 5.77. The number of aromatic nitrogens is 2. The molecule has 0 aliphatic heterocycles. The second-order valence-corrected chi connectivity index (χ2v) is 6.36. The molecule has 1 amide bonds. The standard InChI is InChI=1S/C12H13BrN4OS/c1-2-3-8-4-7(5-10(14)16-8)11(18)17-12-15-6-9(13)19-12/h4-6H,2-3H2,1H3,(H2,14,16)(H,15,17,18). The van der Waals surface area contributed by atoms with Crippen molar-refractivity contribution >= 4 is 44.1 Å². The quantitative estimate of drug-likeness (QED) is 0.895. The van der Waals surface area contributed by atoms with Gasteiger partial charge < -0.3 is 5.73 Å². The summed E-state index contributed by atoms with van der Waals surface area (Å²) in [5, 5.41) is 3.28. The van der Waals surface area contributed by atoms with Gasteiger partial charge in [-0.15, -0.1) is 0 Å². The highest BCUT2D eigenvalue weighted by Crippen LogP contribution is 2.23. The third-order valence-electron chi connectivity index (χ3n) is 2.36. The summed E-state index contributed by atoms with van der Waals surface area (Å²) in [7, 11) is 0. The number of pyridine rings is 1. The van der Waals surface area contributed by atoms with Crippen molar-refractivity contribution in [3.63, 3.8) is 0 Å². The Morgan fingerprint density at radius 1 is 1.53 bits per heavy atom. The van der Waals surface area contributed by atoms with Crippen molar-refractivity contribution in [3.8, 4) is 0 Å². The summed E-state index contributed by atoms with van der Waals surface area (Å²) in [4.78, 5) is 20.3. The number of nitrogens with one attached hydrogen (secondary N) is 1. The fourth-order valence-corrected chi connectivity index (χ4v) is 2.71. The Balaban J connectivity index is 2.18. The van der Waals surface area contributed by atoms with Crippen LogP contribution in [0.2, 0.25) is 0 Å². The second-order valence-electron chi connectivity index (χ2n) is 3.95. The summed E-state index contributed by atoms with van der Waals surface area (Å²) in [5.41, 5.74) is 7.04. The number of carbonyl (C=O) groups is 1. The molecule has 5 nitrogen and oxygen atoms in total. The molecule has 19 heavy (non-hydrogen) atoms. The predicted octanol–water partition coefficient (Wildman–Crippen LogP) is 3.09. The van der Waals surface area contributed by atoms with Crippen LogP contribution < -0.4 is 11.1 Å². The van der Waals surface area contributed by atoms with Crippen molar-refractivity contribution in [2.24, 2.45) is 0 Å². The molecule has 0 spiro atoms. The van der Waals surface area contributed by atoms with Crippen LogP contribution in [0.4, 0.5) is 10.9 Å². The van der Waals surface area contributed by atoms with Gasteiger partial charge in [0.05, 0.1) is 9.98 Å². The molecule has 0 bridgehead atoms. The van der Waals surface area contributed by atoms with E-state index in [0.717, 1.165) is 22.3 Å². The Bertz CT molecular complexity index is 599. The summed E-state index contributed by atoms with van der Waals surface area (Å²) in [6.45, 7) is 2.05. The normalized spacial score (nSPS) is 10.4. The Hall–Kier alpha value is -1.47. The molecule has 100 valence electrons. The third kappa shape index (κ3) is 3.74. The highest BCUT2D eigenvalue weighted by atomic mass is 79.9. The molecule has 0 unspecified atom stereocenters. The zero-order valence-electron chi connectivity index (χ0n) is 10.3. The predicted molar refractivity (Wildman–Crippen MR) is 80.4 cm³/mol. The van der Waals surface area contributed by atoms with Gasteiger partial charge in [-0.2, -0.15) is 0 Å². The van der Waals surface area contributed by atoms with Gasteiger partial charge in [-0.25, -0.2) is 9.97 Å². The van der Waals surface area contributed by atoms with Crippen molar-refractivity contribution < 1.29 is 4.79 Å². The van der Waals surface area contributed by atoms with E-state index in [1.165, 1.54) is 11.3 Å². The maximum Gasteiger partial charge on any atom is 0.257 e. The Morgan fingerprint density at radius 2 is 2.32 bits per heavy atom. The molecule has 0 saturated heterocycles. The maximum atomic E-state index is 12.1. The minimum Gasteiger partial charge on any atom is -0.384 e. The van der Waals surface area contributed by atoms with E-state index in [1.54, 1.807) is 18.3 Å². The zero-order chi connectivity index (χ0) is 13.8. The minimum atomic E-state index is -0.228. The first kappa shape index (κ1) is 14.0. The van der Waals surface area contributed by atoms with Crippen LogP contribution in [0.15, 0.2) is 22.1 Å². The molecular weight excluding hydrogens is 328 g/mol. The van der Waals surface area contributed by atoms with E-state index in [2.05, 4.69) is 38.1 Å². The molecule has 0 atom stereocenters. The summed E-state index contributed by atoms with van der Waals surface area (Å²) in [6.07, 6.45) is 3.40. The minimum absolute atomic E-state index is 0.228. The number of hydrogen-bond acceptors (Lipinski definition) is 5. The van der Waals surface area contributed by atoms with Gasteiger partial charge >= 0.3 is 0 Å². The van der Waals surface area contributed by atoms with Crippen molar-refractivity contribution in [2.75, 3.05) is 11.1 Å². The lowest BCUT2D eigenvalue weighted by Crippen LogP contribution is -2.13.